The number of anilines is 1. The molecule has 2 N–H and O–H groups in total. The second-order valence-corrected chi connectivity index (χ2v) is 6.68. The summed E-state index contributed by atoms with van der Waals surface area (Å²) in [6, 6.07) is 9.18. The van der Waals surface area contributed by atoms with E-state index < -0.39 is 12.0 Å². The molecule has 0 aliphatic rings. The van der Waals surface area contributed by atoms with Crippen molar-refractivity contribution >= 4 is 34.8 Å². The van der Waals surface area contributed by atoms with E-state index in [1.807, 2.05) is 19.2 Å². The number of benzene rings is 1. The normalized spacial score (nSPS) is 11.7. The highest BCUT2D eigenvalue weighted by Gasteiger charge is 2.25. The minimum absolute atomic E-state index is 0.0849. The van der Waals surface area contributed by atoms with E-state index in [0.29, 0.717) is 16.1 Å². The molecule has 0 saturated carbocycles. The SMILES string of the molecule is COC(=O)c1ccc(NC(=O)C(NC(=O)c2cccs2)C(C)C)cc1. The van der Waals surface area contributed by atoms with Crippen molar-refractivity contribution in [3.63, 3.8) is 0 Å². The van der Waals surface area contributed by atoms with Crippen LogP contribution in [0.3, 0.4) is 0 Å². The largest absolute Gasteiger partial charge is 0.465 e. The second kappa shape index (κ2) is 8.43. The van der Waals surface area contributed by atoms with E-state index in [4.69, 9.17) is 0 Å². The first-order valence-electron chi connectivity index (χ1n) is 7.76. The molecule has 0 saturated heterocycles. The number of methoxy groups -OCH3 is 1. The van der Waals surface area contributed by atoms with E-state index in [9.17, 15) is 14.4 Å². The Morgan fingerprint density at radius 1 is 1.08 bits per heavy atom. The Labute approximate surface area is 150 Å². The predicted molar refractivity (Wildman–Crippen MR) is 96.8 cm³/mol. The summed E-state index contributed by atoms with van der Waals surface area (Å²) < 4.78 is 4.63. The average molecular weight is 360 g/mol. The van der Waals surface area contributed by atoms with Crippen molar-refractivity contribution in [1.82, 2.24) is 5.32 Å². The zero-order valence-corrected chi connectivity index (χ0v) is 15.1. The molecule has 1 unspecified atom stereocenters. The van der Waals surface area contributed by atoms with Crippen LogP contribution in [0.2, 0.25) is 0 Å². The molecule has 0 aliphatic carbocycles. The fourth-order valence-corrected chi connectivity index (χ4v) is 2.81. The van der Waals surface area contributed by atoms with Crippen LogP contribution in [0.15, 0.2) is 41.8 Å². The molecule has 1 heterocycles. The molecule has 2 rings (SSSR count). The zero-order valence-electron chi connectivity index (χ0n) is 14.2. The van der Waals surface area contributed by atoms with Crippen molar-refractivity contribution in [3.05, 3.63) is 52.2 Å². The third kappa shape index (κ3) is 4.90. The third-order valence-corrected chi connectivity index (χ3v) is 4.42. The number of nitrogens with one attached hydrogen (secondary N) is 2. The highest BCUT2D eigenvalue weighted by Crippen LogP contribution is 2.14. The van der Waals surface area contributed by atoms with Gasteiger partial charge in [0.2, 0.25) is 5.91 Å². The van der Waals surface area contributed by atoms with Crippen LogP contribution < -0.4 is 10.6 Å². The van der Waals surface area contributed by atoms with E-state index in [1.54, 1.807) is 36.4 Å². The van der Waals surface area contributed by atoms with Crippen molar-refractivity contribution < 1.29 is 19.1 Å². The van der Waals surface area contributed by atoms with E-state index in [0.717, 1.165) is 0 Å². The maximum atomic E-state index is 12.5. The average Bonchev–Trinajstić information content (AvgIpc) is 3.13. The highest BCUT2D eigenvalue weighted by molar-refractivity contribution is 7.12. The van der Waals surface area contributed by atoms with Crippen LogP contribution >= 0.6 is 11.3 Å². The number of ether oxygens (including phenoxy) is 1. The van der Waals surface area contributed by atoms with E-state index in [1.165, 1.54) is 18.4 Å². The first-order chi connectivity index (χ1) is 11.9. The minimum Gasteiger partial charge on any atom is -0.465 e. The standard InChI is InChI=1S/C18H20N2O4S/c1-11(2)15(20-16(21)14-5-4-10-25-14)17(22)19-13-8-6-12(7-9-13)18(23)24-3/h4-11,15H,1-3H3,(H,19,22)(H,20,21). The first-order valence-corrected chi connectivity index (χ1v) is 8.64. The Hall–Kier alpha value is -2.67. The molecule has 132 valence electrons. The molecule has 7 heteroatoms. The van der Waals surface area contributed by atoms with Crippen molar-refractivity contribution in [1.29, 1.82) is 0 Å². The Kier molecular flexibility index (Phi) is 6.30. The van der Waals surface area contributed by atoms with Crippen LogP contribution in [-0.2, 0) is 9.53 Å². The van der Waals surface area contributed by atoms with Gasteiger partial charge in [0.15, 0.2) is 0 Å². The first kappa shape index (κ1) is 18.7. The van der Waals surface area contributed by atoms with Crippen molar-refractivity contribution in [2.75, 3.05) is 12.4 Å². The van der Waals surface area contributed by atoms with Crippen LogP contribution in [0.5, 0.6) is 0 Å². The lowest BCUT2D eigenvalue weighted by Gasteiger charge is -2.21. The monoisotopic (exact) mass is 360 g/mol. The van der Waals surface area contributed by atoms with Crippen LogP contribution in [0.4, 0.5) is 5.69 Å². The maximum absolute atomic E-state index is 12.5. The number of esters is 1. The minimum atomic E-state index is -0.671. The van der Waals surface area contributed by atoms with Gasteiger partial charge in [-0.25, -0.2) is 4.79 Å². The summed E-state index contributed by atoms with van der Waals surface area (Å²) in [4.78, 5) is 36.7. The predicted octanol–water partition coefficient (Wildman–Crippen LogP) is 2.93. The van der Waals surface area contributed by atoms with Crippen molar-refractivity contribution in [2.45, 2.75) is 19.9 Å². The Morgan fingerprint density at radius 2 is 1.76 bits per heavy atom. The molecule has 6 nitrogen and oxygen atoms in total. The summed E-state index contributed by atoms with van der Waals surface area (Å²) in [5.41, 5.74) is 0.931. The molecule has 2 aromatic rings. The Balaban J connectivity index is 2.05. The summed E-state index contributed by atoms with van der Waals surface area (Å²) in [5, 5.41) is 7.33. The molecule has 25 heavy (non-hydrogen) atoms. The number of amides is 2. The molecule has 0 fully saturated rings. The maximum Gasteiger partial charge on any atom is 0.337 e. The third-order valence-electron chi connectivity index (χ3n) is 3.55. The van der Waals surface area contributed by atoms with Crippen LogP contribution in [-0.4, -0.2) is 30.9 Å². The smallest absolute Gasteiger partial charge is 0.337 e. The molecular weight excluding hydrogens is 340 g/mol. The molecule has 1 atom stereocenters. The van der Waals surface area contributed by atoms with Crippen LogP contribution in [0.1, 0.15) is 33.9 Å². The molecule has 0 aliphatic heterocycles. The number of hydrogen-bond donors (Lipinski definition) is 2. The highest BCUT2D eigenvalue weighted by atomic mass is 32.1. The molecule has 0 radical (unpaired) electrons. The summed E-state index contributed by atoms with van der Waals surface area (Å²) >= 11 is 1.32. The summed E-state index contributed by atoms with van der Waals surface area (Å²) in [7, 11) is 1.31. The summed E-state index contributed by atoms with van der Waals surface area (Å²) in [6.07, 6.45) is 0. The Morgan fingerprint density at radius 3 is 2.28 bits per heavy atom. The van der Waals surface area contributed by atoms with Gasteiger partial charge in [0.1, 0.15) is 6.04 Å². The zero-order chi connectivity index (χ0) is 18.4. The van der Waals surface area contributed by atoms with Gasteiger partial charge in [0, 0.05) is 5.69 Å². The number of carbonyl (C=O) groups excluding carboxylic acids is 3. The van der Waals surface area contributed by atoms with Gasteiger partial charge < -0.3 is 15.4 Å². The lowest BCUT2D eigenvalue weighted by Crippen LogP contribution is -2.46. The van der Waals surface area contributed by atoms with Crippen LogP contribution in [0.25, 0.3) is 0 Å². The van der Waals surface area contributed by atoms with Crippen molar-refractivity contribution in [3.8, 4) is 0 Å². The fourth-order valence-electron chi connectivity index (χ4n) is 2.18. The van der Waals surface area contributed by atoms with Crippen LogP contribution in [0, 0.1) is 5.92 Å². The number of rotatable bonds is 6. The van der Waals surface area contributed by atoms with Gasteiger partial charge in [-0.3, -0.25) is 9.59 Å². The molecule has 1 aromatic heterocycles. The number of thiophene rings is 1. The van der Waals surface area contributed by atoms with Gasteiger partial charge >= 0.3 is 5.97 Å². The number of carbonyl (C=O) groups is 3. The second-order valence-electron chi connectivity index (χ2n) is 5.73. The molecule has 1 aromatic carbocycles. The van der Waals surface area contributed by atoms with Gasteiger partial charge in [0.05, 0.1) is 17.6 Å². The quantitative estimate of drug-likeness (QED) is 0.776. The Bertz CT molecular complexity index is 739. The summed E-state index contributed by atoms with van der Waals surface area (Å²) in [6.45, 7) is 3.72. The molecule has 2 amide bonds. The van der Waals surface area contributed by atoms with Gasteiger partial charge in [-0.1, -0.05) is 19.9 Å². The van der Waals surface area contributed by atoms with Gasteiger partial charge in [-0.15, -0.1) is 11.3 Å². The number of hydrogen-bond acceptors (Lipinski definition) is 5. The van der Waals surface area contributed by atoms with Gasteiger partial charge in [-0.2, -0.15) is 0 Å². The molecule has 0 bridgehead atoms. The lowest BCUT2D eigenvalue weighted by molar-refractivity contribution is -0.118. The van der Waals surface area contributed by atoms with Crippen molar-refractivity contribution in [2.24, 2.45) is 5.92 Å². The van der Waals surface area contributed by atoms with Gasteiger partial charge in [0.25, 0.3) is 5.91 Å². The summed E-state index contributed by atoms with van der Waals surface area (Å²) in [5.74, 6) is -1.12. The van der Waals surface area contributed by atoms with Gasteiger partial charge in [-0.05, 0) is 41.6 Å². The van der Waals surface area contributed by atoms with E-state index in [2.05, 4.69) is 15.4 Å². The molecule has 0 spiro atoms. The van der Waals surface area contributed by atoms with E-state index in [-0.39, 0.29) is 17.7 Å². The lowest BCUT2D eigenvalue weighted by atomic mass is 10.0. The molecular formula is C18H20N2O4S. The van der Waals surface area contributed by atoms with E-state index >= 15 is 0 Å². The topological polar surface area (TPSA) is 84.5 Å². The fraction of sp³-hybridized carbons (Fsp3) is 0.278.